The van der Waals surface area contributed by atoms with Crippen molar-refractivity contribution in [3.63, 3.8) is 0 Å². The fraction of sp³-hybridized carbons (Fsp3) is 0.222. The summed E-state index contributed by atoms with van der Waals surface area (Å²) in [5.41, 5.74) is 0.810. The predicted molar refractivity (Wildman–Crippen MR) is 62.0 cm³/mol. The van der Waals surface area contributed by atoms with Crippen LogP contribution in [0.1, 0.15) is 5.56 Å². The number of pyridine rings is 1. The van der Waals surface area contributed by atoms with E-state index in [1.54, 1.807) is 25.5 Å². The van der Waals surface area contributed by atoms with E-state index in [0.717, 1.165) is 0 Å². The highest BCUT2D eigenvalue weighted by Gasteiger charge is 2.12. The van der Waals surface area contributed by atoms with Gasteiger partial charge in [0.05, 0.1) is 7.11 Å². The van der Waals surface area contributed by atoms with E-state index < -0.39 is 0 Å². The van der Waals surface area contributed by atoms with Crippen molar-refractivity contribution in [2.75, 3.05) is 14.2 Å². The van der Waals surface area contributed by atoms with Crippen LogP contribution in [0.3, 0.4) is 0 Å². The number of nitrogens with zero attached hydrogens (tertiary/aromatic N) is 2. The lowest BCUT2D eigenvalue weighted by molar-refractivity contribution is 0.399. The number of hydrogen-bond acceptors (Lipinski definition) is 5. The fourth-order valence-corrected chi connectivity index (χ4v) is 1.46. The first-order valence-corrected chi connectivity index (χ1v) is 4.93. The summed E-state index contributed by atoms with van der Waals surface area (Å²) >= 11 is 3.29. The van der Waals surface area contributed by atoms with E-state index in [0.29, 0.717) is 10.0 Å². The average molecular weight is 272 g/mol. The van der Waals surface area contributed by atoms with Gasteiger partial charge in [0.15, 0.2) is 5.69 Å². The van der Waals surface area contributed by atoms with Crippen LogP contribution in [-0.2, 0) is 0 Å². The summed E-state index contributed by atoms with van der Waals surface area (Å²) in [5.74, 6) is 0.212. The molecule has 0 amide bonds. The molecule has 1 N–H and O–H groups in total. The monoisotopic (exact) mass is 271 g/mol. The van der Waals surface area contributed by atoms with Crippen molar-refractivity contribution < 1.29 is 4.74 Å². The number of nitrogens with one attached hydrogen (secondary N) is 1. The van der Waals surface area contributed by atoms with Crippen molar-refractivity contribution in [2.24, 2.45) is 5.18 Å². The lowest BCUT2D eigenvalue weighted by Crippen LogP contribution is -1.93. The molecule has 0 atom stereocenters. The summed E-state index contributed by atoms with van der Waals surface area (Å²) in [4.78, 5) is 14.6. The summed E-state index contributed by atoms with van der Waals surface area (Å²) < 4.78 is 5.62. The molecule has 6 heteroatoms. The molecule has 0 aromatic carbocycles. The highest BCUT2D eigenvalue weighted by molar-refractivity contribution is 9.10. The maximum absolute atomic E-state index is 10.7. The SMILES string of the molecule is CN/C=C/c1c(Br)cnc(OC)c1N=O. The fourth-order valence-electron chi connectivity index (χ4n) is 1.04. The summed E-state index contributed by atoms with van der Waals surface area (Å²) in [6.45, 7) is 0. The normalized spacial score (nSPS) is 10.3. The van der Waals surface area contributed by atoms with Crippen LogP contribution in [0.15, 0.2) is 22.0 Å². The number of methoxy groups -OCH3 is 1. The van der Waals surface area contributed by atoms with Gasteiger partial charge in [-0.05, 0) is 33.4 Å². The molecule has 0 spiro atoms. The first kappa shape index (κ1) is 11.6. The number of aromatic nitrogens is 1. The van der Waals surface area contributed by atoms with Crippen molar-refractivity contribution in [1.82, 2.24) is 10.3 Å². The lowest BCUT2D eigenvalue weighted by Gasteiger charge is -2.05. The topological polar surface area (TPSA) is 63.6 Å². The molecule has 15 heavy (non-hydrogen) atoms. The standard InChI is InChI=1S/C9H10BrN3O2/c1-11-4-3-6-7(10)5-12-9(15-2)8(6)13-14/h3-5,11H,1-2H3/b4-3+. The summed E-state index contributed by atoms with van der Waals surface area (Å²) in [6, 6.07) is 0. The minimum Gasteiger partial charge on any atom is -0.479 e. The molecule has 0 unspecified atom stereocenters. The molecule has 0 aliphatic rings. The molecule has 1 aromatic heterocycles. The minimum absolute atomic E-state index is 0.179. The molecule has 5 nitrogen and oxygen atoms in total. The molecule has 1 aromatic rings. The minimum atomic E-state index is 0.179. The van der Waals surface area contributed by atoms with Crippen molar-refractivity contribution >= 4 is 27.7 Å². The second-order valence-corrected chi connectivity index (χ2v) is 3.45. The van der Waals surface area contributed by atoms with Gasteiger partial charge in [0.1, 0.15) is 0 Å². The third-order valence-electron chi connectivity index (χ3n) is 1.71. The Morgan fingerprint density at radius 1 is 1.67 bits per heavy atom. The summed E-state index contributed by atoms with van der Waals surface area (Å²) in [5, 5.41) is 5.73. The highest BCUT2D eigenvalue weighted by Crippen LogP contribution is 2.34. The Bertz CT molecular complexity index is 393. The molecule has 0 fully saturated rings. The molecule has 0 aliphatic carbocycles. The quantitative estimate of drug-likeness (QED) is 0.855. The highest BCUT2D eigenvalue weighted by atomic mass is 79.9. The second-order valence-electron chi connectivity index (χ2n) is 2.59. The van der Waals surface area contributed by atoms with Crippen molar-refractivity contribution in [3.8, 4) is 5.88 Å². The zero-order valence-electron chi connectivity index (χ0n) is 8.32. The smallest absolute Gasteiger partial charge is 0.244 e. The Morgan fingerprint density at radius 2 is 2.40 bits per heavy atom. The van der Waals surface area contributed by atoms with Gasteiger partial charge in [0, 0.05) is 23.3 Å². The maximum Gasteiger partial charge on any atom is 0.244 e. The summed E-state index contributed by atoms with van der Waals surface area (Å²) in [6.07, 6.45) is 4.96. The van der Waals surface area contributed by atoms with E-state index >= 15 is 0 Å². The van der Waals surface area contributed by atoms with Crippen LogP contribution in [0.2, 0.25) is 0 Å². The van der Waals surface area contributed by atoms with E-state index in [-0.39, 0.29) is 11.6 Å². The molecule has 1 rings (SSSR count). The molecular weight excluding hydrogens is 262 g/mol. The van der Waals surface area contributed by atoms with E-state index in [4.69, 9.17) is 4.74 Å². The summed E-state index contributed by atoms with van der Waals surface area (Å²) in [7, 11) is 3.20. The molecule has 80 valence electrons. The van der Waals surface area contributed by atoms with E-state index in [1.807, 2.05) is 0 Å². The number of hydrogen-bond donors (Lipinski definition) is 1. The van der Waals surface area contributed by atoms with E-state index in [9.17, 15) is 4.91 Å². The Hall–Kier alpha value is -1.43. The van der Waals surface area contributed by atoms with Gasteiger partial charge in [0.2, 0.25) is 5.88 Å². The van der Waals surface area contributed by atoms with Crippen LogP contribution in [0.4, 0.5) is 5.69 Å². The van der Waals surface area contributed by atoms with Crippen molar-refractivity contribution in [1.29, 1.82) is 0 Å². The molecule has 0 bridgehead atoms. The van der Waals surface area contributed by atoms with Gasteiger partial charge in [-0.1, -0.05) is 0 Å². The molecule has 0 saturated heterocycles. The van der Waals surface area contributed by atoms with E-state index in [1.165, 1.54) is 7.11 Å². The zero-order chi connectivity index (χ0) is 11.3. The third-order valence-corrected chi connectivity index (χ3v) is 2.34. The van der Waals surface area contributed by atoms with Crippen LogP contribution in [0.5, 0.6) is 5.88 Å². The number of nitroso groups, excluding NO2 is 1. The number of rotatable bonds is 4. The third kappa shape index (κ3) is 2.53. The van der Waals surface area contributed by atoms with Gasteiger partial charge in [-0.2, -0.15) is 0 Å². The second kappa shape index (κ2) is 5.45. The van der Waals surface area contributed by atoms with Gasteiger partial charge < -0.3 is 10.1 Å². The molecular formula is C9H10BrN3O2. The van der Waals surface area contributed by atoms with Crippen LogP contribution in [-0.4, -0.2) is 19.1 Å². The van der Waals surface area contributed by atoms with Gasteiger partial charge in [-0.25, -0.2) is 4.98 Å². The van der Waals surface area contributed by atoms with Crippen LogP contribution < -0.4 is 10.1 Å². The predicted octanol–water partition coefficient (Wildman–Crippen LogP) is 2.44. The molecule has 0 radical (unpaired) electrons. The van der Waals surface area contributed by atoms with Gasteiger partial charge >= 0.3 is 0 Å². The Kier molecular flexibility index (Phi) is 4.23. The number of halogens is 1. The van der Waals surface area contributed by atoms with Crippen molar-refractivity contribution in [2.45, 2.75) is 0 Å². The first-order valence-electron chi connectivity index (χ1n) is 4.14. The average Bonchev–Trinajstić information content (AvgIpc) is 2.27. The lowest BCUT2D eigenvalue weighted by atomic mass is 10.2. The molecule has 1 heterocycles. The number of ether oxygens (including phenoxy) is 1. The molecule has 0 saturated carbocycles. The van der Waals surface area contributed by atoms with Gasteiger partial charge in [-0.15, -0.1) is 4.91 Å². The molecule has 0 aliphatic heterocycles. The van der Waals surface area contributed by atoms with Crippen LogP contribution >= 0.6 is 15.9 Å². The van der Waals surface area contributed by atoms with Crippen LogP contribution in [0, 0.1) is 4.91 Å². The Morgan fingerprint density at radius 3 is 2.93 bits per heavy atom. The Labute approximate surface area is 95.6 Å². The largest absolute Gasteiger partial charge is 0.479 e. The maximum atomic E-state index is 10.7. The first-order chi connectivity index (χ1) is 7.24. The van der Waals surface area contributed by atoms with Gasteiger partial charge in [-0.3, -0.25) is 0 Å². The van der Waals surface area contributed by atoms with Crippen LogP contribution in [0.25, 0.3) is 6.08 Å². The zero-order valence-corrected chi connectivity index (χ0v) is 9.91. The Balaban J connectivity index is 3.31. The van der Waals surface area contributed by atoms with Gasteiger partial charge in [0.25, 0.3) is 0 Å². The van der Waals surface area contributed by atoms with E-state index in [2.05, 4.69) is 31.4 Å². The van der Waals surface area contributed by atoms with Crippen molar-refractivity contribution in [3.05, 3.63) is 27.3 Å².